The van der Waals surface area contributed by atoms with Crippen molar-refractivity contribution in [2.45, 2.75) is 6.04 Å². The zero-order chi connectivity index (χ0) is 20.1. The van der Waals surface area contributed by atoms with Gasteiger partial charge in [0.1, 0.15) is 5.75 Å². The molecular formula is C25H26N2O2. The number of hydrogen-bond donors (Lipinski definition) is 1. The SMILES string of the molecule is O=C(CN1CCN(C(c2ccccc2)c2ccccc2)CC1)c1ccccc1O. The van der Waals surface area contributed by atoms with Crippen molar-refractivity contribution in [1.82, 2.24) is 9.80 Å². The zero-order valence-corrected chi connectivity index (χ0v) is 16.4. The number of nitrogens with zero attached hydrogens (tertiary/aromatic N) is 2. The number of piperazine rings is 1. The van der Waals surface area contributed by atoms with Crippen LogP contribution in [0.3, 0.4) is 0 Å². The third kappa shape index (κ3) is 4.56. The molecular weight excluding hydrogens is 360 g/mol. The Kier molecular flexibility index (Phi) is 6.03. The molecule has 0 aromatic heterocycles. The number of rotatable bonds is 6. The molecule has 29 heavy (non-hydrogen) atoms. The molecule has 1 aliphatic rings. The van der Waals surface area contributed by atoms with Crippen molar-refractivity contribution in [2.75, 3.05) is 32.7 Å². The number of benzene rings is 3. The van der Waals surface area contributed by atoms with E-state index < -0.39 is 0 Å². The van der Waals surface area contributed by atoms with E-state index in [9.17, 15) is 9.90 Å². The molecule has 0 bridgehead atoms. The van der Waals surface area contributed by atoms with Crippen LogP contribution in [0.2, 0.25) is 0 Å². The molecule has 0 aliphatic carbocycles. The van der Waals surface area contributed by atoms with E-state index in [0.29, 0.717) is 12.1 Å². The molecule has 4 nitrogen and oxygen atoms in total. The highest BCUT2D eigenvalue weighted by molar-refractivity contribution is 5.99. The Morgan fingerprint density at radius 2 is 1.28 bits per heavy atom. The Bertz CT molecular complexity index is 896. The van der Waals surface area contributed by atoms with E-state index in [1.165, 1.54) is 11.1 Å². The number of aromatic hydroxyl groups is 1. The van der Waals surface area contributed by atoms with Gasteiger partial charge in [-0.15, -0.1) is 0 Å². The number of phenols is 1. The van der Waals surface area contributed by atoms with Crippen molar-refractivity contribution in [1.29, 1.82) is 0 Å². The largest absolute Gasteiger partial charge is 0.507 e. The molecule has 0 amide bonds. The Balaban J connectivity index is 1.44. The second kappa shape index (κ2) is 9.03. The molecule has 4 heteroatoms. The highest BCUT2D eigenvalue weighted by atomic mass is 16.3. The molecule has 0 atom stereocenters. The van der Waals surface area contributed by atoms with Crippen LogP contribution < -0.4 is 0 Å². The fourth-order valence-electron chi connectivity index (χ4n) is 4.06. The van der Waals surface area contributed by atoms with Crippen LogP contribution in [0, 0.1) is 0 Å². The van der Waals surface area contributed by atoms with E-state index in [1.807, 2.05) is 12.1 Å². The van der Waals surface area contributed by atoms with Crippen molar-refractivity contribution >= 4 is 5.78 Å². The first-order valence-corrected chi connectivity index (χ1v) is 10.1. The molecule has 0 saturated carbocycles. The lowest BCUT2D eigenvalue weighted by Crippen LogP contribution is -2.49. The smallest absolute Gasteiger partial charge is 0.180 e. The Morgan fingerprint density at radius 3 is 1.83 bits per heavy atom. The fraction of sp³-hybridized carbons (Fsp3) is 0.240. The average molecular weight is 386 g/mol. The Labute approximate surface area is 172 Å². The number of hydrogen-bond acceptors (Lipinski definition) is 4. The summed E-state index contributed by atoms with van der Waals surface area (Å²) in [6, 6.07) is 28.2. The van der Waals surface area contributed by atoms with Crippen molar-refractivity contribution in [3.8, 4) is 5.75 Å². The van der Waals surface area contributed by atoms with Gasteiger partial charge in [0.15, 0.2) is 5.78 Å². The van der Waals surface area contributed by atoms with Crippen LogP contribution in [0.1, 0.15) is 27.5 Å². The lowest BCUT2D eigenvalue weighted by atomic mass is 9.96. The molecule has 4 rings (SSSR count). The maximum absolute atomic E-state index is 12.6. The van der Waals surface area contributed by atoms with Gasteiger partial charge in [0.25, 0.3) is 0 Å². The summed E-state index contributed by atoms with van der Waals surface area (Å²) in [6.07, 6.45) is 0. The molecule has 1 N–H and O–H groups in total. The van der Waals surface area contributed by atoms with Crippen LogP contribution in [0.15, 0.2) is 84.9 Å². The van der Waals surface area contributed by atoms with Gasteiger partial charge in [0.2, 0.25) is 0 Å². The standard InChI is InChI=1S/C25H26N2O2/c28-23-14-8-7-13-22(23)24(29)19-26-15-17-27(18-16-26)25(20-9-3-1-4-10-20)21-11-5-2-6-12-21/h1-14,25,28H,15-19H2. The summed E-state index contributed by atoms with van der Waals surface area (Å²) < 4.78 is 0. The van der Waals surface area contributed by atoms with E-state index in [2.05, 4.69) is 58.3 Å². The van der Waals surface area contributed by atoms with Gasteiger partial charge >= 0.3 is 0 Å². The minimum absolute atomic E-state index is 0.0285. The Hall–Kier alpha value is -2.95. The van der Waals surface area contributed by atoms with Crippen LogP contribution in [-0.2, 0) is 0 Å². The molecule has 3 aromatic carbocycles. The van der Waals surface area contributed by atoms with Crippen LogP contribution in [0.25, 0.3) is 0 Å². The number of phenolic OH excluding ortho intramolecular Hbond substituents is 1. The normalized spacial score (nSPS) is 15.5. The van der Waals surface area contributed by atoms with Gasteiger partial charge in [-0.1, -0.05) is 72.8 Å². The summed E-state index contributed by atoms with van der Waals surface area (Å²) in [7, 11) is 0. The van der Waals surface area contributed by atoms with Crippen molar-refractivity contribution in [2.24, 2.45) is 0 Å². The van der Waals surface area contributed by atoms with Crippen LogP contribution >= 0.6 is 0 Å². The minimum atomic E-state index is -0.0285. The van der Waals surface area contributed by atoms with Gasteiger partial charge in [-0.25, -0.2) is 0 Å². The summed E-state index contributed by atoms with van der Waals surface area (Å²) >= 11 is 0. The first kappa shape index (κ1) is 19.4. The topological polar surface area (TPSA) is 43.8 Å². The van der Waals surface area contributed by atoms with Crippen LogP contribution in [-0.4, -0.2) is 53.4 Å². The molecule has 148 valence electrons. The number of ketones is 1. The maximum Gasteiger partial charge on any atom is 0.180 e. The predicted octanol–water partition coefficient (Wildman–Crippen LogP) is 3.98. The molecule has 1 heterocycles. The number of Topliss-reactive ketones (excluding diaryl/α,β-unsaturated/α-hetero) is 1. The Morgan fingerprint density at radius 1 is 0.759 bits per heavy atom. The van der Waals surface area contributed by atoms with Crippen LogP contribution in [0.4, 0.5) is 0 Å². The molecule has 1 saturated heterocycles. The van der Waals surface area contributed by atoms with Gasteiger partial charge in [0, 0.05) is 26.2 Å². The van der Waals surface area contributed by atoms with Gasteiger partial charge in [-0.3, -0.25) is 14.6 Å². The summed E-state index contributed by atoms with van der Waals surface area (Å²) in [5.41, 5.74) is 2.98. The third-order valence-electron chi connectivity index (χ3n) is 5.57. The van der Waals surface area contributed by atoms with Crippen molar-refractivity contribution in [3.05, 3.63) is 102 Å². The van der Waals surface area contributed by atoms with E-state index in [-0.39, 0.29) is 17.6 Å². The van der Waals surface area contributed by atoms with Gasteiger partial charge in [-0.2, -0.15) is 0 Å². The minimum Gasteiger partial charge on any atom is -0.507 e. The van der Waals surface area contributed by atoms with E-state index >= 15 is 0 Å². The van der Waals surface area contributed by atoms with Gasteiger partial charge in [0.05, 0.1) is 18.2 Å². The fourth-order valence-corrected chi connectivity index (χ4v) is 4.06. The predicted molar refractivity (Wildman–Crippen MR) is 115 cm³/mol. The van der Waals surface area contributed by atoms with Gasteiger partial charge in [-0.05, 0) is 23.3 Å². The second-order valence-corrected chi connectivity index (χ2v) is 7.48. The van der Waals surface area contributed by atoms with Crippen molar-refractivity contribution < 1.29 is 9.90 Å². The summed E-state index contributed by atoms with van der Waals surface area (Å²) in [5, 5.41) is 9.93. The average Bonchev–Trinajstić information content (AvgIpc) is 2.77. The molecule has 0 radical (unpaired) electrons. The quantitative estimate of drug-likeness (QED) is 0.651. The highest BCUT2D eigenvalue weighted by Crippen LogP contribution is 2.29. The molecule has 1 aliphatic heterocycles. The number of carbonyl (C=O) groups excluding carboxylic acids is 1. The molecule has 3 aromatic rings. The van der Waals surface area contributed by atoms with E-state index in [1.54, 1.807) is 24.3 Å². The second-order valence-electron chi connectivity index (χ2n) is 7.48. The first-order valence-electron chi connectivity index (χ1n) is 10.1. The summed E-state index contributed by atoms with van der Waals surface area (Å²) in [4.78, 5) is 17.2. The molecule has 1 fully saturated rings. The van der Waals surface area contributed by atoms with E-state index in [4.69, 9.17) is 0 Å². The summed E-state index contributed by atoms with van der Waals surface area (Å²) in [5.74, 6) is 0.0311. The van der Waals surface area contributed by atoms with E-state index in [0.717, 1.165) is 26.2 Å². The van der Waals surface area contributed by atoms with Crippen molar-refractivity contribution in [3.63, 3.8) is 0 Å². The number of para-hydroxylation sites is 1. The first-order chi connectivity index (χ1) is 14.2. The highest BCUT2D eigenvalue weighted by Gasteiger charge is 2.27. The summed E-state index contributed by atoms with van der Waals surface area (Å²) in [6.45, 7) is 3.78. The zero-order valence-electron chi connectivity index (χ0n) is 16.4. The monoisotopic (exact) mass is 386 g/mol. The lowest BCUT2D eigenvalue weighted by molar-refractivity contribution is 0.0806. The maximum atomic E-state index is 12.6. The van der Waals surface area contributed by atoms with Gasteiger partial charge < -0.3 is 5.11 Å². The lowest BCUT2D eigenvalue weighted by Gasteiger charge is -2.39. The molecule has 0 spiro atoms. The molecule has 0 unspecified atom stereocenters. The number of carbonyl (C=O) groups is 1. The van der Waals surface area contributed by atoms with Crippen LogP contribution in [0.5, 0.6) is 5.75 Å². The third-order valence-corrected chi connectivity index (χ3v) is 5.57.